The van der Waals surface area contributed by atoms with Crippen LogP contribution in [0.4, 0.5) is 5.82 Å². The Kier molecular flexibility index (Phi) is 2.73. The lowest BCUT2D eigenvalue weighted by atomic mass is 10.0. The third-order valence-corrected chi connectivity index (χ3v) is 2.62. The molecule has 2 heterocycles. The number of rotatable bonds is 3. The highest BCUT2D eigenvalue weighted by atomic mass is 16.5. The van der Waals surface area contributed by atoms with Gasteiger partial charge in [-0.25, -0.2) is 4.98 Å². The fourth-order valence-corrected chi connectivity index (χ4v) is 1.70. The quantitative estimate of drug-likeness (QED) is 0.768. The van der Waals surface area contributed by atoms with E-state index in [2.05, 4.69) is 14.9 Å². The first kappa shape index (κ1) is 10.2. The molecule has 5 heteroatoms. The average molecular weight is 208 g/mol. The van der Waals surface area contributed by atoms with Crippen molar-refractivity contribution in [2.24, 2.45) is 11.7 Å². The molecule has 1 aliphatic rings. The molecular weight excluding hydrogens is 192 g/mol. The van der Waals surface area contributed by atoms with E-state index in [-0.39, 0.29) is 0 Å². The maximum absolute atomic E-state index is 5.58. The molecule has 1 aromatic heterocycles. The summed E-state index contributed by atoms with van der Waals surface area (Å²) in [5, 5.41) is 0. The van der Waals surface area contributed by atoms with Crippen molar-refractivity contribution in [1.82, 2.24) is 9.97 Å². The molecule has 0 aliphatic carbocycles. The summed E-state index contributed by atoms with van der Waals surface area (Å²) in [5.74, 6) is 2.89. The van der Waals surface area contributed by atoms with Gasteiger partial charge in [0.25, 0.3) is 0 Å². The van der Waals surface area contributed by atoms with Gasteiger partial charge in [0.2, 0.25) is 5.88 Å². The first-order chi connectivity index (χ1) is 7.22. The number of methoxy groups -OCH3 is 1. The maximum atomic E-state index is 5.58. The summed E-state index contributed by atoms with van der Waals surface area (Å²) in [7, 11) is 1.62. The number of hydrogen-bond donors (Lipinski definition) is 1. The Balaban J connectivity index is 2.12. The van der Waals surface area contributed by atoms with E-state index in [1.165, 1.54) is 0 Å². The van der Waals surface area contributed by atoms with E-state index < -0.39 is 0 Å². The summed E-state index contributed by atoms with van der Waals surface area (Å²) in [6.45, 7) is 4.58. The van der Waals surface area contributed by atoms with Crippen LogP contribution >= 0.6 is 0 Å². The molecule has 2 N–H and O–H groups in total. The fraction of sp³-hybridized carbons (Fsp3) is 0.600. The number of aryl methyl sites for hydroxylation is 1. The minimum Gasteiger partial charge on any atom is -0.481 e. The van der Waals surface area contributed by atoms with Crippen LogP contribution in [0.3, 0.4) is 0 Å². The Hall–Kier alpha value is -1.36. The Bertz CT molecular complexity index is 349. The Morgan fingerprint density at radius 1 is 1.53 bits per heavy atom. The highest BCUT2D eigenvalue weighted by molar-refractivity contribution is 5.44. The van der Waals surface area contributed by atoms with Gasteiger partial charge in [-0.2, -0.15) is 4.98 Å². The van der Waals surface area contributed by atoms with Crippen LogP contribution in [0.5, 0.6) is 5.88 Å². The molecule has 0 amide bonds. The molecule has 0 spiro atoms. The van der Waals surface area contributed by atoms with Crippen molar-refractivity contribution >= 4 is 5.82 Å². The molecule has 1 saturated heterocycles. The summed E-state index contributed by atoms with van der Waals surface area (Å²) < 4.78 is 5.11. The zero-order valence-electron chi connectivity index (χ0n) is 9.10. The largest absolute Gasteiger partial charge is 0.481 e. The second-order valence-corrected chi connectivity index (χ2v) is 3.82. The number of nitrogens with two attached hydrogens (primary N) is 1. The third-order valence-electron chi connectivity index (χ3n) is 2.62. The van der Waals surface area contributed by atoms with E-state index in [1.54, 1.807) is 7.11 Å². The van der Waals surface area contributed by atoms with Gasteiger partial charge in [0, 0.05) is 25.1 Å². The molecular formula is C10H16N4O. The number of anilines is 1. The van der Waals surface area contributed by atoms with Gasteiger partial charge in [0.1, 0.15) is 11.6 Å². The predicted molar refractivity (Wildman–Crippen MR) is 58.1 cm³/mol. The predicted octanol–water partition coefficient (Wildman–Crippen LogP) is 0.189. The lowest BCUT2D eigenvalue weighted by molar-refractivity contribution is 0.390. The molecule has 1 aromatic rings. The Labute approximate surface area is 89.3 Å². The monoisotopic (exact) mass is 208 g/mol. The summed E-state index contributed by atoms with van der Waals surface area (Å²) in [6, 6.07) is 1.86. The summed E-state index contributed by atoms with van der Waals surface area (Å²) >= 11 is 0. The highest BCUT2D eigenvalue weighted by Crippen LogP contribution is 2.24. The molecule has 0 unspecified atom stereocenters. The van der Waals surface area contributed by atoms with Crippen LogP contribution in [0.1, 0.15) is 5.82 Å². The van der Waals surface area contributed by atoms with E-state index in [0.717, 1.165) is 31.3 Å². The van der Waals surface area contributed by atoms with Crippen LogP contribution in [-0.2, 0) is 0 Å². The van der Waals surface area contributed by atoms with Crippen molar-refractivity contribution in [3.63, 3.8) is 0 Å². The van der Waals surface area contributed by atoms with Crippen LogP contribution in [0.25, 0.3) is 0 Å². The van der Waals surface area contributed by atoms with Crippen molar-refractivity contribution in [3.8, 4) is 5.88 Å². The lowest BCUT2D eigenvalue weighted by Gasteiger charge is -2.39. The van der Waals surface area contributed by atoms with Crippen molar-refractivity contribution in [3.05, 3.63) is 11.9 Å². The maximum Gasteiger partial charge on any atom is 0.218 e. The van der Waals surface area contributed by atoms with Gasteiger partial charge in [-0.1, -0.05) is 0 Å². The van der Waals surface area contributed by atoms with Crippen molar-refractivity contribution in [2.45, 2.75) is 6.92 Å². The summed E-state index contributed by atoms with van der Waals surface area (Å²) in [5.41, 5.74) is 5.58. The molecule has 1 fully saturated rings. The molecule has 0 saturated carbocycles. The Morgan fingerprint density at radius 2 is 2.27 bits per heavy atom. The normalized spacial score (nSPS) is 16.3. The van der Waals surface area contributed by atoms with Gasteiger partial charge in [-0.15, -0.1) is 0 Å². The third kappa shape index (κ3) is 2.02. The number of nitrogens with zero attached hydrogens (tertiary/aromatic N) is 3. The molecule has 0 atom stereocenters. The van der Waals surface area contributed by atoms with Crippen LogP contribution in [0.15, 0.2) is 6.07 Å². The molecule has 1 aliphatic heterocycles. The van der Waals surface area contributed by atoms with Crippen molar-refractivity contribution in [2.75, 3.05) is 31.6 Å². The van der Waals surface area contributed by atoms with Gasteiger partial charge >= 0.3 is 0 Å². The zero-order valence-corrected chi connectivity index (χ0v) is 9.10. The average Bonchev–Trinajstić information content (AvgIpc) is 2.15. The number of hydrogen-bond acceptors (Lipinski definition) is 5. The topological polar surface area (TPSA) is 64.3 Å². The standard InChI is InChI=1S/C10H16N4O/c1-7-12-9(3-10(13-7)15-2)14-5-8(4-11)6-14/h3,8H,4-6,11H2,1-2H3. The molecule has 5 nitrogen and oxygen atoms in total. The number of ether oxygens (including phenoxy) is 1. The molecule has 15 heavy (non-hydrogen) atoms. The van der Waals surface area contributed by atoms with Gasteiger partial charge in [0.05, 0.1) is 7.11 Å². The molecule has 0 aromatic carbocycles. The molecule has 82 valence electrons. The van der Waals surface area contributed by atoms with E-state index in [0.29, 0.717) is 11.8 Å². The number of aromatic nitrogens is 2. The summed E-state index contributed by atoms with van der Waals surface area (Å²) in [6.07, 6.45) is 0. The molecule has 2 rings (SSSR count). The minimum absolute atomic E-state index is 0.603. The van der Waals surface area contributed by atoms with Crippen LogP contribution < -0.4 is 15.4 Å². The van der Waals surface area contributed by atoms with Crippen molar-refractivity contribution < 1.29 is 4.74 Å². The lowest BCUT2D eigenvalue weighted by Crippen LogP contribution is -2.50. The van der Waals surface area contributed by atoms with E-state index in [9.17, 15) is 0 Å². The summed E-state index contributed by atoms with van der Waals surface area (Å²) in [4.78, 5) is 10.7. The van der Waals surface area contributed by atoms with Gasteiger partial charge in [0.15, 0.2) is 0 Å². The zero-order chi connectivity index (χ0) is 10.8. The van der Waals surface area contributed by atoms with Gasteiger partial charge < -0.3 is 15.4 Å². The van der Waals surface area contributed by atoms with E-state index >= 15 is 0 Å². The van der Waals surface area contributed by atoms with Crippen molar-refractivity contribution in [1.29, 1.82) is 0 Å². The second kappa shape index (κ2) is 4.02. The van der Waals surface area contributed by atoms with Gasteiger partial charge in [-0.3, -0.25) is 0 Å². The van der Waals surface area contributed by atoms with Crippen LogP contribution in [-0.4, -0.2) is 36.7 Å². The minimum atomic E-state index is 0.603. The van der Waals surface area contributed by atoms with E-state index in [1.807, 2.05) is 13.0 Å². The Morgan fingerprint density at radius 3 is 2.87 bits per heavy atom. The van der Waals surface area contributed by atoms with E-state index in [4.69, 9.17) is 10.5 Å². The fourth-order valence-electron chi connectivity index (χ4n) is 1.70. The first-order valence-electron chi connectivity index (χ1n) is 5.07. The first-order valence-corrected chi connectivity index (χ1v) is 5.07. The SMILES string of the molecule is COc1cc(N2CC(CN)C2)nc(C)n1. The molecule has 0 bridgehead atoms. The highest BCUT2D eigenvalue weighted by Gasteiger charge is 2.26. The van der Waals surface area contributed by atoms with Crippen LogP contribution in [0, 0.1) is 12.8 Å². The smallest absolute Gasteiger partial charge is 0.218 e. The molecule has 0 radical (unpaired) electrons. The second-order valence-electron chi connectivity index (χ2n) is 3.82. The van der Waals surface area contributed by atoms with Gasteiger partial charge in [-0.05, 0) is 13.5 Å². The van der Waals surface area contributed by atoms with Crippen LogP contribution in [0.2, 0.25) is 0 Å².